The Labute approximate surface area is 107 Å². The Kier molecular flexibility index (Phi) is 4.66. The molecule has 1 fully saturated rings. The summed E-state index contributed by atoms with van der Waals surface area (Å²) in [7, 11) is -0.857. The second kappa shape index (κ2) is 6.24. The standard InChI is InChI=1S/C12H15F2NO2S/c13-12(14)17-10-4-1-3-9(7-10)11-8-18(16)6-2-5-15-11/h1,3-4,7,11-12,15H,2,5-6,8H2. The number of hydrogen-bond donors (Lipinski definition) is 1. The molecule has 0 radical (unpaired) electrons. The first-order valence-electron chi connectivity index (χ1n) is 5.78. The Morgan fingerprint density at radius 3 is 3.06 bits per heavy atom. The number of halogens is 2. The predicted octanol–water partition coefficient (Wildman–Crippen LogP) is 2.07. The number of hydrogen-bond acceptors (Lipinski definition) is 3. The summed E-state index contributed by atoms with van der Waals surface area (Å²) in [5.41, 5.74) is 0.836. The Balaban J connectivity index is 2.13. The number of benzene rings is 1. The fourth-order valence-corrected chi connectivity index (χ4v) is 3.27. The van der Waals surface area contributed by atoms with Gasteiger partial charge in [0.25, 0.3) is 0 Å². The third-order valence-electron chi connectivity index (χ3n) is 2.78. The summed E-state index contributed by atoms with van der Waals surface area (Å²) in [6.45, 7) is -2.03. The summed E-state index contributed by atoms with van der Waals surface area (Å²) < 4.78 is 40.3. The molecule has 100 valence electrons. The Morgan fingerprint density at radius 1 is 1.44 bits per heavy atom. The second-order valence-electron chi connectivity index (χ2n) is 4.12. The van der Waals surface area contributed by atoms with Crippen LogP contribution in [-0.2, 0) is 10.8 Å². The van der Waals surface area contributed by atoms with Gasteiger partial charge in [-0.3, -0.25) is 4.21 Å². The van der Waals surface area contributed by atoms with Crippen molar-refractivity contribution in [1.82, 2.24) is 5.32 Å². The fourth-order valence-electron chi connectivity index (χ4n) is 1.96. The Bertz CT molecular complexity index is 428. The van der Waals surface area contributed by atoms with Crippen LogP contribution < -0.4 is 10.1 Å². The largest absolute Gasteiger partial charge is 0.435 e. The average Bonchev–Trinajstić information content (AvgIpc) is 2.53. The molecule has 2 unspecified atom stereocenters. The van der Waals surface area contributed by atoms with Crippen LogP contribution in [0.25, 0.3) is 0 Å². The van der Waals surface area contributed by atoms with Crippen LogP contribution in [0.15, 0.2) is 24.3 Å². The first-order chi connectivity index (χ1) is 8.65. The number of ether oxygens (including phenoxy) is 1. The molecule has 0 saturated carbocycles. The van der Waals surface area contributed by atoms with Gasteiger partial charge in [-0.2, -0.15) is 8.78 Å². The molecule has 6 heteroatoms. The van der Waals surface area contributed by atoms with Gasteiger partial charge in [0.05, 0.1) is 0 Å². The van der Waals surface area contributed by atoms with E-state index in [0.717, 1.165) is 18.5 Å². The first kappa shape index (κ1) is 13.4. The maximum absolute atomic E-state index is 12.1. The van der Waals surface area contributed by atoms with Crippen molar-refractivity contribution in [3.63, 3.8) is 0 Å². The topological polar surface area (TPSA) is 38.3 Å². The van der Waals surface area contributed by atoms with Crippen LogP contribution in [0.1, 0.15) is 18.0 Å². The quantitative estimate of drug-likeness (QED) is 0.917. The van der Waals surface area contributed by atoms with Crippen molar-refractivity contribution in [3.8, 4) is 5.75 Å². The molecule has 0 spiro atoms. The molecule has 1 saturated heterocycles. The van der Waals surface area contributed by atoms with Gasteiger partial charge < -0.3 is 10.1 Å². The Morgan fingerprint density at radius 2 is 2.28 bits per heavy atom. The van der Waals surface area contributed by atoms with Gasteiger partial charge in [-0.05, 0) is 30.7 Å². The lowest BCUT2D eigenvalue weighted by Crippen LogP contribution is -2.23. The first-order valence-corrected chi connectivity index (χ1v) is 7.27. The zero-order chi connectivity index (χ0) is 13.0. The van der Waals surface area contributed by atoms with E-state index in [9.17, 15) is 13.0 Å². The summed E-state index contributed by atoms with van der Waals surface area (Å²) in [5.74, 6) is 1.34. The van der Waals surface area contributed by atoms with Crippen molar-refractivity contribution in [2.75, 3.05) is 18.1 Å². The van der Waals surface area contributed by atoms with E-state index in [1.165, 1.54) is 6.07 Å². The maximum Gasteiger partial charge on any atom is 0.387 e. The third kappa shape index (κ3) is 3.74. The van der Waals surface area contributed by atoms with Gasteiger partial charge in [0.2, 0.25) is 0 Å². The van der Waals surface area contributed by atoms with Crippen molar-refractivity contribution >= 4 is 10.8 Å². The minimum Gasteiger partial charge on any atom is -0.435 e. The van der Waals surface area contributed by atoms with E-state index in [4.69, 9.17) is 0 Å². The summed E-state index contributed by atoms with van der Waals surface area (Å²) in [4.78, 5) is 0. The molecule has 0 amide bonds. The summed E-state index contributed by atoms with van der Waals surface area (Å²) in [6, 6.07) is 6.51. The summed E-state index contributed by atoms with van der Waals surface area (Å²) in [6.07, 6.45) is 0.871. The smallest absolute Gasteiger partial charge is 0.387 e. The van der Waals surface area contributed by atoms with Crippen LogP contribution >= 0.6 is 0 Å². The van der Waals surface area contributed by atoms with Crippen molar-refractivity contribution in [3.05, 3.63) is 29.8 Å². The molecule has 0 aromatic heterocycles. The van der Waals surface area contributed by atoms with Gasteiger partial charge >= 0.3 is 6.61 Å². The molecule has 2 rings (SSSR count). The van der Waals surface area contributed by atoms with Gasteiger partial charge in [0.1, 0.15) is 5.75 Å². The molecule has 0 aliphatic carbocycles. The molecule has 2 atom stereocenters. The monoisotopic (exact) mass is 275 g/mol. The highest BCUT2D eigenvalue weighted by Crippen LogP contribution is 2.22. The van der Waals surface area contributed by atoms with Crippen LogP contribution in [0.2, 0.25) is 0 Å². The lowest BCUT2D eigenvalue weighted by Gasteiger charge is -2.16. The Hall–Kier alpha value is -1.01. The van der Waals surface area contributed by atoms with E-state index in [1.54, 1.807) is 12.1 Å². The highest BCUT2D eigenvalue weighted by molar-refractivity contribution is 7.85. The van der Waals surface area contributed by atoms with Crippen LogP contribution in [-0.4, -0.2) is 28.9 Å². The predicted molar refractivity (Wildman–Crippen MR) is 66.3 cm³/mol. The SMILES string of the molecule is O=S1CCCNC(c2cccc(OC(F)F)c2)C1. The number of rotatable bonds is 3. The molecule has 1 aliphatic heterocycles. The minimum atomic E-state index is -2.82. The zero-order valence-corrected chi connectivity index (χ0v) is 10.6. The van der Waals surface area contributed by atoms with Crippen molar-refractivity contribution < 1.29 is 17.7 Å². The average molecular weight is 275 g/mol. The lowest BCUT2D eigenvalue weighted by molar-refractivity contribution is -0.0499. The molecule has 1 aromatic carbocycles. The van der Waals surface area contributed by atoms with Crippen molar-refractivity contribution in [2.45, 2.75) is 19.1 Å². The van der Waals surface area contributed by atoms with Gasteiger partial charge in [0, 0.05) is 28.3 Å². The molecular weight excluding hydrogens is 260 g/mol. The van der Waals surface area contributed by atoms with Crippen LogP contribution in [0.5, 0.6) is 5.75 Å². The van der Waals surface area contributed by atoms with E-state index in [-0.39, 0.29) is 11.8 Å². The summed E-state index contributed by atoms with van der Waals surface area (Å²) in [5, 5.41) is 3.27. The third-order valence-corrected chi connectivity index (χ3v) is 4.23. The summed E-state index contributed by atoms with van der Waals surface area (Å²) >= 11 is 0. The molecule has 1 N–H and O–H groups in total. The lowest BCUT2D eigenvalue weighted by atomic mass is 10.1. The molecule has 1 aliphatic rings. The minimum absolute atomic E-state index is 0.0606. The zero-order valence-electron chi connectivity index (χ0n) is 9.77. The number of nitrogens with one attached hydrogen (secondary N) is 1. The van der Waals surface area contributed by atoms with Crippen molar-refractivity contribution in [1.29, 1.82) is 0 Å². The highest BCUT2D eigenvalue weighted by Gasteiger charge is 2.18. The molecule has 1 heterocycles. The van der Waals surface area contributed by atoms with Crippen molar-refractivity contribution in [2.24, 2.45) is 0 Å². The maximum atomic E-state index is 12.1. The molecule has 0 bridgehead atoms. The second-order valence-corrected chi connectivity index (χ2v) is 5.74. The van der Waals surface area contributed by atoms with Crippen LogP contribution in [0.4, 0.5) is 8.78 Å². The molecular formula is C12H15F2NO2S. The number of alkyl halides is 2. The van der Waals surface area contributed by atoms with Gasteiger partial charge in [-0.25, -0.2) is 0 Å². The van der Waals surface area contributed by atoms with E-state index < -0.39 is 17.4 Å². The van der Waals surface area contributed by atoms with E-state index in [1.807, 2.05) is 6.07 Å². The van der Waals surface area contributed by atoms with E-state index in [0.29, 0.717) is 11.5 Å². The molecule has 3 nitrogen and oxygen atoms in total. The van der Waals surface area contributed by atoms with Crippen LogP contribution in [0.3, 0.4) is 0 Å². The van der Waals surface area contributed by atoms with Gasteiger partial charge in [-0.15, -0.1) is 0 Å². The highest BCUT2D eigenvalue weighted by atomic mass is 32.2. The fraction of sp³-hybridized carbons (Fsp3) is 0.500. The molecule has 18 heavy (non-hydrogen) atoms. The van der Waals surface area contributed by atoms with Gasteiger partial charge in [0.15, 0.2) is 0 Å². The van der Waals surface area contributed by atoms with E-state index in [2.05, 4.69) is 10.1 Å². The van der Waals surface area contributed by atoms with E-state index >= 15 is 0 Å². The van der Waals surface area contributed by atoms with Gasteiger partial charge in [-0.1, -0.05) is 12.1 Å². The molecule has 1 aromatic rings. The van der Waals surface area contributed by atoms with Crippen LogP contribution in [0, 0.1) is 0 Å². The normalized spacial score (nSPS) is 24.8.